The molecule has 0 saturated carbocycles. The molecule has 0 aromatic heterocycles. The molecule has 0 amide bonds. The van der Waals surface area contributed by atoms with Crippen molar-refractivity contribution in [2.45, 2.75) is 20.0 Å². The number of ether oxygens (including phenoxy) is 2. The second kappa shape index (κ2) is 6.96. The molecule has 1 aromatic carbocycles. The van der Waals surface area contributed by atoms with Gasteiger partial charge in [0.05, 0.1) is 25.6 Å². The zero-order valence-corrected chi connectivity index (χ0v) is 12.3. The number of nitrogens with one attached hydrogen (secondary N) is 1. The van der Waals surface area contributed by atoms with Gasteiger partial charge in [0.2, 0.25) is 0 Å². The first-order chi connectivity index (χ1) is 10.1. The lowest BCUT2D eigenvalue weighted by Crippen LogP contribution is -2.42. The second-order valence-electron chi connectivity index (χ2n) is 4.29. The molecule has 0 aliphatic carbocycles. The third-order valence-electron chi connectivity index (χ3n) is 2.80. The van der Waals surface area contributed by atoms with Crippen LogP contribution in [0.4, 0.5) is 5.69 Å². The number of nitrogens with zero attached hydrogens (tertiary/aromatic N) is 2. The number of anilines is 1. The molecule has 0 fully saturated rings. The maximum Gasteiger partial charge on any atom is 0.337 e. The number of hydrogen-bond acceptors (Lipinski definition) is 7. The number of hydroxylamine groups is 1. The van der Waals surface area contributed by atoms with Gasteiger partial charge in [-0.05, 0) is 38.1 Å². The Labute approximate surface area is 123 Å². The normalized spacial score (nSPS) is 15.2. The molecular formula is C14H19N3O4. The molecule has 2 rings (SSSR count). The first-order valence-electron chi connectivity index (χ1n) is 6.64. The third kappa shape index (κ3) is 3.87. The molecule has 0 saturated heterocycles. The van der Waals surface area contributed by atoms with Crippen LogP contribution in [-0.2, 0) is 14.4 Å². The van der Waals surface area contributed by atoms with E-state index < -0.39 is 12.1 Å². The van der Waals surface area contributed by atoms with Crippen molar-refractivity contribution >= 4 is 11.7 Å². The van der Waals surface area contributed by atoms with Crippen LogP contribution in [0.2, 0.25) is 0 Å². The SMILES string of the molecule is CCOC(=O)C(C)ON1C=CN(c2ccc(OC)cc2)N1. The van der Waals surface area contributed by atoms with E-state index in [2.05, 4.69) is 5.53 Å². The van der Waals surface area contributed by atoms with E-state index in [4.69, 9.17) is 14.3 Å². The fourth-order valence-electron chi connectivity index (χ4n) is 1.72. The number of hydrogen-bond donors (Lipinski definition) is 1. The highest BCUT2D eigenvalue weighted by molar-refractivity contribution is 5.74. The van der Waals surface area contributed by atoms with Crippen molar-refractivity contribution < 1.29 is 19.1 Å². The summed E-state index contributed by atoms with van der Waals surface area (Å²) < 4.78 is 9.99. The first-order valence-corrected chi connectivity index (χ1v) is 6.64. The zero-order chi connectivity index (χ0) is 15.2. The number of rotatable bonds is 6. The fraction of sp³-hybridized carbons (Fsp3) is 0.357. The van der Waals surface area contributed by atoms with Crippen LogP contribution in [0.3, 0.4) is 0 Å². The van der Waals surface area contributed by atoms with E-state index in [0.717, 1.165) is 11.4 Å². The summed E-state index contributed by atoms with van der Waals surface area (Å²) in [4.78, 5) is 16.9. The molecular weight excluding hydrogens is 274 g/mol. The Morgan fingerprint density at radius 2 is 2.00 bits per heavy atom. The van der Waals surface area contributed by atoms with Gasteiger partial charge in [0.25, 0.3) is 0 Å². The molecule has 21 heavy (non-hydrogen) atoms. The highest BCUT2D eigenvalue weighted by Crippen LogP contribution is 2.20. The highest BCUT2D eigenvalue weighted by atomic mass is 16.7. The number of benzene rings is 1. The monoisotopic (exact) mass is 293 g/mol. The molecule has 114 valence electrons. The van der Waals surface area contributed by atoms with Gasteiger partial charge in [0, 0.05) is 6.20 Å². The lowest BCUT2D eigenvalue weighted by molar-refractivity contribution is -0.205. The van der Waals surface area contributed by atoms with Crippen molar-refractivity contribution in [1.29, 1.82) is 0 Å². The molecule has 0 radical (unpaired) electrons. The summed E-state index contributed by atoms with van der Waals surface area (Å²) >= 11 is 0. The van der Waals surface area contributed by atoms with Crippen LogP contribution >= 0.6 is 0 Å². The van der Waals surface area contributed by atoms with Gasteiger partial charge in [-0.1, -0.05) is 0 Å². The number of hydrazine groups is 2. The summed E-state index contributed by atoms with van der Waals surface area (Å²) in [6.45, 7) is 3.71. The summed E-state index contributed by atoms with van der Waals surface area (Å²) in [5.74, 6) is 0.376. The number of carbonyl (C=O) groups excluding carboxylic acids is 1. The van der Waals surface area contributed by atoms with E-state index in [9.17, 15) is 4.79 Å². The van der Waals surface area contributed by atoms with Crippen molar-refractivity contribution in [3.63, 3.8) is 0 Å². The van der Waals surface area contributed by atoms with Gasteiger partial charge in [-0.15, -0.1) is 5.53 Å². The van der Waals surface area contributed by atoms with E-state index in [1.807, 2.05) is 24.3 Å². The van der Waals surface area contributed by atoms with Crippen LogP contribution in [0.25, 0.3) is 0 Å². The zero-order valence-electron chi connectivity index (χ0n) is 12.3. The van der Waals surface area contributed by atoms with Crippen LogP contribution < -0.4 is 15.3 Å². The molecule has 1 heterocycles. The quantitative estimate of drug-likeness (QED) is 0.799. The van der Waals surface area contributed by atoms with Crippen molar-refractivity contribution in [2.75, 3.05) is 18.7 Å². The first kappa shape index (κ1) is 15.1. The van der Waals surface area contributed by atoms with Crippen molar-refractivity contribution in [1.82, 2.24) is 10.7 Å². The molecule has 1 atom stereocenters. The van der Waals surface area contributed by atoms with E-state index in [0.29, 0.717) is 6.61 Å². The minimum atomic E-state index is -0.696. The molecule has 0 spiro atoms. The van der Waals surface area contributed by atoms with Gasteiger partial charge in [-0.3, -0.25) is 5.01 Å². The minimum Gasteiger partial charge on any atom is -0.497 e. The van der Waals surface area contributed by atoms with Crippen molar-refractivity contribution in [3.8, 4) is 5.75 Å². The summed E-state index contributed by atoms with van der Waals surface area (Å²) in [7, 11) is 1.62. The smallest absolute Gasteiger partial charge is 0.337 e. The predicted octanol–water partition coefficient (Wildman–Crippen LogP) is 1.59. The van der Waals surface area contributed by atoms with Crippen LogP contribution in [0, 0.1) is 0 Å². The highest BCUT2D eigenvalue weighted by Gasteiger charge is 2.21. The van der Waals surface area contributed by atoms with Gasteiger partial charge in [0.1, 0.15) is 5.75 Å². The van der Waals surface area contributed by atoms with Crippen LogP contribution in [0.1, 0.15) is 13.8 Å². The Bertz CT molecular complexity index is 503. The Morgan fingerprint density at radius 1 is 1.29 bits per heavy atom. The lowest BCUT2D eigenvalue weighted by atomic mass is 10.3. The molecule has 7 nitrogen and oxygen atoms in total. The molecule has 1 N–H and O–H groups in total. The van der Waals surface area contributed by atoms with Gasteiger partial charge in [-0.2, -0.15) is 5.17 Å². The van der Waals surface area contributed by atoms with E-state index >= 15 is 0 Å². The van der Waals surface area contributed by atoms with Crippen LogP contribution in [0.15, 0.2) is 36.7 Å². The Hall–Kier alpha value is -2.25. The van der Waals surface area contributed by atoms with E-state index in [1.54, 1.807) is 38.4 Å². The number of esters is 1. The molecule has 1 aromatic rings. The summed E-state index contributed by atoms with van der Waals surface area (Å²) in [6.07, 6.45) is 2.75. The van der Waals surface area contributed by atoms with Crippen LogP contribution in [0.5, 0.6) is 5.75 Å². The standard InChI is InChI=1S/C14H19N3O4/c1-4-20-14(18)11(2)21-17-10-9-16(15-17)12-5-7-13(19-3)8-6-12/h5-11,15H,4H2,1-3H3. The Morgan fingerprint density at radius 3 is 2.62 bits per heavy atom. The van der Waals surface area contributed by atoms with Crippen molar-refractivity contribution in [2.24, 2.45) is 0 Å². The van der Waals surface area contributed by atoms with E-state index in [-0.39, 0.29) is 0 Å². The van der Waals surface area contributed by atoms with Crippen molar-refractivity contribution in [3.05, 3.63) is 36.7 Å². The van der Waals surface area contributed by atoms with E-state index in [1.165, 1.54) is 5.17 Å². The predicted molar refractivity (Wildman–Crippen MR) is 76.8 cm³/mol. The summed E-state index contributed by atoms with van der Waals surface area (Å²) in [5, 5.41) is 3.10. The maximum absolute atomic E-state index is 11.5. The fourth-order valence-corrected chi connectivity index (χ4v) is 1.72. The molecule has 1 aliphatic heterocycles. The minimum absolute atomic E-state index is 0.327. The summed E-state index contributed by atoms with van der Waals surface area (Å²) in [5.41, 5.74) is 3.86. The maximum atomic E-state index is 11.5. The van der Waals surface area contributed by atoms with Gasteiger partial charge in [-0.25, -0.2) is 9.63 Å². The second-order valence-corrected chi connectivity index (χ2v) is 4.29. The lowest BCUT2D eigenvalue weighted by Gasteiger charge is -2.23. The average Bonchev–Trinajstić information content (AvgIpc) is 2.96. The number of methoxy groups -OCH3 is 1. The Kier molecular flexibility index (Phi) is 5.02. The van der Waals surface area contributed by atoms with Gasteiger partial charge < -0.3 is 9.47 Å². The topological polar surface area (TPSA) is 63.3 Å². The molecule has 0 bridgehead atoms. The molecule has 1 unspecified atom stereocenters. The molecule has 7 heteroatoms. The third-order valence-corrected chi connectivity index (χ3v) is 2.80. The summed E-state index contributed by atoms with van der Waals surface area (Å²) in [6, 6.07) is 7.51. The molecule has 1 aliphatic rings. The van der Waals surface area contributed by atoms with Gasteiger partial charge in [0.15, 0.2) is 6.10 Å². The van der Waals surface area contributed by atoms with Gasteiger partial charge >= 0.3 is 5.97 Å². The Balaban J connectivity index is 1.88. The largest absolute Gasteiger partial charge is 0.497 e. The van der Waals surface area contributed by atoms with Crippen LogP contribution in [-0.4, -0.2) is 31.0 Å². The average molecular weight is 293 g/mol. The number of carbonyl (C=O) groups is 1.